The van der Waals surface area contributed by atoms with E-state index >= 15 is 0 Å². The molecule has 4 aromatic rings. The van der Waals surface area contributed by atoms with E-state index in [9.17, 15) is 9.90 Å². The highest BCUT2D eigenvalue weighted by molar-refractivity contribution is 6.07. The number of carbonyl (C=O) groups is 1. The standard InChI is InChI=1S/C25H21N3O3/c29-16-23-22(7-4-12-27-23)28-25(30)21-15-20(19-10-13-26-14-11-19)8-9-24(21)31-17-18-5-2-1-3-6-18/h1-15,29H,16-17H2,(H,28,30). The normalized spacial score (nSPS) is 10.5. The van der Waals surface area contributed by atoms with Crippen LogP contribution in [0.2, 0.25) is 0 Å². The Labute approximate surface area is 180 Å². The average molecular weight is 411 g/mol. The van der Waals surface area contributed by atoms with Crippen LogP contribution in [0.15, 0.2) is 91.4 Å². The second-order valence-corrected chi connectivity index (χ2v) is 6.83. The number of aliphatic hydroxyl groups excluding tert-OH is 1. The van der Waals surface area contributed by atoms with Gasteiger partial charge in [0.25, 0.3) is 5.91 Å². The van der Waals surface area contributed by atoms with E-state index in [-0.39, 0.29) is 12.5 Å². The van der Waals surface area contributed by atoms with Crippen LogP contribution in [-0.2, 0) is 13.2 Å². The lowest BCUT2D eigenvalue weighted by Gasteiger charge is -2.15. The van der Waals surface area contributed by atoms with Crippen molar-refractivity contribution >= 4 is 11.6 Å². The SMILES string of the molecule is O=C(Nc1cccnc1CO)c1cc(-c2ccncc2)ccc1OCc1ccccc1. The molecule has 0 aliphatic heterocycles. The quantitative estimate of drug-likeness (QED) is 0.469. The number of rotatable bonds is 7. The first kappa shape index (κ1) is 20.3. The molecule has 0 aliphatic carbocycles. The first-order valence-corrected chi connectivity index (χ1v) is 9.82. The number of anilines is 1. The van der Waals surface area contributed by atoms with Crippen molar-refractivity contribution < 1.29 is 14.6 Å². The number of benzene rings is 2. The van der Waals surface area contributed by atoms with Gasteiger partial charge < -0.3 is 15.2 Å². The highest BCUT2D eigenvalue weighted by atomic mass is 16.5. The fourth-order valence-corrected chi connectivity index (χ4v) is 3.16. The van der Waals surface area contributed by atoms with Gasteiger partial charge >= 0.3 is 0 Å². The number of aliphatic hydroxyl groups is 1. The second-order valence-electron chi connectivity index (χ2n) is 6.83. The number of carbonyl (C=O) groups excluding carboxylic acids is 1. The lowest BCUT2D eigenvalue weighted by atomic mass is 10.0. The average Bonchev–Trinajstić information content (AvgIpc) is 2.84. The molecule has 6 heteroatoms. The summed E-state index contributed by atoms with van der Waals surface area (Å²) in [6, 6.07) is 22.4. The Morgan fingerprint density at radius 1 is 0.903 bits per heavy atom. The molecule has 1 amide bonds. The minimum Gasteiger partial charge on any atom is -0.488 e. The smallest absolute Gasteiger partial charge is 0.259 e. The monoisotopic (exact) mass is 411 g/mol. The van der Waals surface area contributed by atoms with Crippen LogP contribution in [0.3, 0.4) is 0 Å². The zero-order valence-corrected chi connectivity index (χ0v) is 16.7. The molecule has 2 aromatic heterocycles. The molecule has 2 N–H and O–H groups in total. The lowest BCUT2D eigenvalue weighted by Crippen LogP contribution is -2.15. The summed E-state index contributed by atoms with van der Waals surface area (Å²) < 4.78 is 5.99. The molecule has 0 aliphatic rings. The van der Waals surface area contributed by atoms with Gasteiger partial charge in [0, 0.05) is 18.6 Å². The van der Waals surface area contributed by atoms with Gasteiger partial charge in [-0.05, 0) is 53.1 Å². The predicted octanol–water partition coefficient (Wildman–Crippen LogP) is 4.47. The van der Waals surface area contributed by atoms with Crippen molar-refractivity contribution in [3.05, 3.63) is 108 Å². The third-order valence-electron chi connectivity index (χ3n) is 4.76. The van der Waals surface area contributed by atoms with E-state index in [1.54, 1.807) is 42.9 Å². The number of aromatic nitrogens is 2. The molecule has 154 valence electrons. The van der Waals surface area contributed by atoms with Crippen molar-refractivity contribution in [2.75, 3.05) is 5.32 Å². The maximum Gasteiger partial charge on any atom is 0.259 e. The van der Waals surface area contributed by atoms with Crippen molar-refractivity contribution in [1.29, 1.82) is 0 Å². The van der Waals surface area contributed by atoms with Gasteiger partial charge in [-0.1, -0.05) is 36.4 Å². The maximum atomic E-state index is 13.2. The van der Waals surface area contributed by atoms with Gasteiger partial charge in [0.1, 0.15) is 12.4 Å². The lowest BCUT2D eigenvalue weighted by molar-refractivity contribution is 0.102. The molecular formula is C25H21N3O3. The largest absolute Gasteiger partial charge is 0.488 e. The number of hydrogen-bond acceptors (Lipinski definition) is 5. The fraction of sp³-hybridized carbons (Fsp3) is 0.0800. The first-order chi connectivity index (χ1) is 15.2. The Bertz CT molecular complexity index is 1170. The highest BCUT2D eigenvalue weighted by Gasteiger charge is 2.16. The van der Waals surface area contributed by atoms with E-state index in [0.717, 1.165) is 16.7 Å². The maximum absolute atomic E-state index is 13.2. The van der Waals surface area contributed by atoms with Crippen LogP contribution in [-0.4, -0.2) is 21.0 Å². The topological polar surface area (TPSA) is 84.3 Å². The highest BCUT2D eigenvalue weighted by Crippen LogP contribution is 2.28. The van der Waals surface area contributed by atoms with Crippen LogP contribution in [0, 0.1) is 0 Å². The molecule has 0 unspecified atom stereocenters. The molecule has 31 heavy (non-hydrogen) atoms. The zero-order chi connectivity index (χ0) is 21.5. The van der Waals surface area contributed by atoms with Gasteiger partial charge in [-0.25, -0.2) is 0 Å². The van der Waals surface area contributed by atoms with Gasteiger partial charge in [0.15, 0.2) is 0 Å². The van der Waals surface area contributed by atoms with E-state index in [1.807, 2.05) is 48.5 Å². The van der Waals surface area contributed by atoms with Crippen molar-refractivity contribution in [2.45, 2.75) is 13.2 Å². The Morgan fingerprint density at radius 2 is 1.71 bits per heavy atom. The van der Waals surface area contributed by atoms with E-state index in [2.05, 4.69) is 15.3 Å². The summed E-state index contributed by atoms with van der Waals surface area (Å²) in [6.45, 7) is 0.0649. The van der Waals surface area contributed by atoms with Crippen LogP contribution in [0.5, 0.6) is 5.75 Å². The molecule has 2 aromatic carbocycles. The summed E-state index contributed by atoms with van der Waals surface area (Å²) in [6.07, 6.45) is 4.98. The van der Waals surface area contributed by atoms with Crippen LogP contribution >= 0.6 is 0 Å². The zero-order valence-electron chi connectivity index (χ0n) is 16.7. The molecule has 0 bridgehead atoms. The molecule has 0 saturated carbocycles. The Hall–Kier alpha value is -4.03. The molecule has 2 heterocycles. The molecular weight excluding hydrogens is 390 g/mol. The number of nitrogens with one attached hydrogen (secondary N) is 1. The van der Waals surface area contributed by atoms with Crippen LogP contribution < -0.4 is 10.1 Å². The number of amides is 1. The van der Waals surface area contributed by atoms with Crippen LogP contribution in [0.1, 0.15) is 21.6 Å². The van der Waals surface area contributed by atoms with E-state index in [1.165, 1.54) is 0 Å². The number of ether oxygens (including phenoxy) is 1. The Morgan fingerprint density at radius 3 is 2.48 bits per heavy atom. The summed E-state index contributed by atoms with van der Waals surface area (Å²) in [5.41, 5.74) is 4.05. The fourth-order valence-electron chi connectivity index (χ4n) is 3.16. The number of hydrogen-bond donors (Lipinski definition) is 2. The summed E-state index contributed by atoms with van der Waals surface area (Å²) in [4.78, 5) is 21.3. The third-order valence-corrected chi connectivity index (χ3v) is 4.76. The van der Waals surface area contributed by atoms with Gasteiger partial charge in [-0.15, -0.1) is 0 Å². The molecule has 0 atom stereocenters. The van der Waals surface area contributed by atoms with Crippen molar-refractivity contribution in [2.24, 2.45) is 0 Å². The molecule has 0 spiro atoms. The third kappa shape index (κ3) is 4.94. The molecule has 0 radical (unpaired) electrons. The number of pyridine rings is 2. The van der Waals surface area contributed by atoms with Crippen LogP contribution in [0.4, 0.5) is 5.69 Å². The molecule has 0 fully saturated rings. The summed E-state index contributed by atoms with van der Waals surface area (Å²) in [5.74, 6) is 0.121. The van der Waals surface area contributed by atoms with Crippen LogP contribution in [0.25, 0.3) is 11.1 Å². The molecule has 4 rings (SSSR count). The summed E-state index contributed by atoms with van der Waals surface area (Å²) >= 11 is 0. The minimum atomic E-state index is -0.346. The Kier molecular flexibility index (Phi) is 6.30. The first-order valence-electron chi connectivity index (χ1n) is 9.82. The minimum absolute atomic E-state index is 0.273. The van der Waals surface area contributed by atoms with Crippen molar-refractivity contribution in [3.63, 3.8) is 0 Å². The predicted molar refractivity (Wildman–Crippen MR) is 119 cm³/mol. The van der Waals surface area contributed by atoms with Crippen molar-refractivity contribution in [3.8, 4) is 16.9 Å². The van der Waals surface area contributed by atoms with Gasteiger partial charge in [0.2, 0.25) is 0 Å². The van der Waals surface area contributed by atoms with E-state index < -0.39 is 0 Å². The van der Waals surface area contributed by atoms with E-state index in [0.29, 0.717) is 29.3 Å². The molecule has 6 nitrogen and oxygen atoms in total. The van der Waals surface area contributed by atoms with Gasteiger partial charge in [-0.2, -0.15) is 0 Å². The summed E-state index contributed by atoms with van der Waals surface area (Å²) in [5, 5.41) is 12.4. The second kappa shape index (κ2) is 9.65. The van der Waals surface area contributed by atoms with E-state index in [4.69, 9.17) is 4.74 Å². The number of nitrogens with zero attached hydrogens (tertiary/aromatic N) is 2. The van der Waals surface area contributed by atoms with Crippen molar-refractivity contribution in [1.82, 2.24) is 9.97 Å². The van der Waals surface area contributed by atoms with Gasteiger partial charge in [0.05, 0.1) is 23.6 Å². The summed E-state index contributed by atoms with van der Waals surface area (Å²) in [7, 11) is 0. The Balaban J connectivity index is 1.66. The molecule has 0 saturated heterocycles. The van der Waals surface area contributed by atoms with Gasteiger partial charge in [-0.3, -0.25) is 14.8 Å².